The van der Waals surface area contributed by atoms with Gasteiger partial charge >= 0.3 is 0 Å². The summed E-state index contributed by atoms with van der Waals surface area (Å²) in [5.74, 6) is 2.46. The Labute approximate surface area is 166 Å². The molecule has 1 atom stereocenters. The lowest BCUT2D eigenvalue weighted by Crippen LogP contribution is -2.41. The molecular weight excluding hydrogens is 431 g/mol. The summed E-state index contributed by atoms with van der Waals surface area (Å²) < 4.78 is 7.69. The number of ether oxygens (including phenoxy) is 1. The van der Waals surface area contributed by atoms with Crippen LogP contribution in [0.3, 0.4) is 0 Å². The lowest BCUT2D eigenvalue weighted by Gasteiger charge is -2.18. The number of nitrogens with one attached hydrogen (secondary N) is 2. The molecule has 2 aromatic rings. The van der Waals surface area contributed by atoms with Crippen LogP contribution < -0.4 is 15.4 Å². The van der Waals surface area contributed by atoms with Crippen molar-refractivity contribution in [2.75, 3.05) is 13.1 Å². The minimum Gasteiger partial charge on any atom is -0.489 e. The Morgan fingerprint density at radius 2 is 2.08 bits per heavy atom. The van der Waals surface area contributed by atoms with E-state index >= 15 is 0 Å². The van der Waals surface area contributed by atoms with Gasteiger partial charge in [0.2, 0.25) is 0 Å². The molecule has 0 fully saturated rings. The number of aromatic nitrogens is 3. The van der Waals surface area contributed by atoms with Crippen molar-refractivity contribution in [1.29, 1.82) is 0 Å². The average molecular weight is 458 g/mol. The molecule has 138 valence electrons. The fourth-order valence-electron chi connectivity index (χ4n) is 2.14. The molecule has 7 nitrogen and oxygen atoms in total. The summed E-state index contributed by atoms with van der Waals surface area (Å²) in [6, 6.07) is 8.02. The molecule has 8 heteroatoms. The first-order valence-electron chi connectivity index (χ1n) is 8.17. The summed E-state index contributed by atoms with van der Waals surface area (Å²) in [5, 5.41) is 10.6. The van der Waals surface area contributed by atoms with Gasteiger partial charge in [0.05, 0.1) is 6.54 Å². The number of aryl methyl sites for hydroxylation is 2. The largest absolute Gasteiger partial charge is 0.489 e. The zero-order chi connectivity index (χ0) is 17.4. The van der Waals surface area contributed by atoms with Gasteiger partial charge in [0.15, 0.2) is 5.96 Å². The van der Waals surface area contributed by atoms with Gasteiger partial charge in [-0.3, -0.25) is 4.68 Å². The van der Waals surface area contributed by atoms with Crippen molar-refractivity contribution in [1.82, 2.24) is 25.4 Å². The number of para-hydroxylation sites is 1. The first-order valence-corrected chi connectivity index (χ1v) is 8.17. The summed E-state index contributed by atoms with van der Waals surface area (Å²) in [5.41, 5.74) is 1.13. The molecule has 0 spiro atoms. The van der Waals surface area contributed by atoms with Gasteiger partial charge in [0.25, 0.3) is 0 Å². The third kappa shape index (κ3) is 6.89. The lowest BCUT2D eigenvalue weighted by atomic mass is 10.2. The molecule has 0 amide bonds. The second kappa shape index (κ2) is 10.9. The maximum atomic E-state index is 5.97. The van der Waals surface area contributed by atoms with E-state index in [2.05, 4.69) is 25.7 Å². The van der Waals surface area contributed by atoms with Crippen LogP contribution in [0.25, 0.3) is 0 Å². The molecule has 25 heavy (non-hydrogen) atoms. The highest BCUT2D eigenvalue weighted by Crippen LogP contribution is 2.17. The van der Waals surface area contributed by atoms with Crippen LogP contribution in [0.1, 0.15) is 25.2 Å². The Hall–Kier alpha value is -1.84. The molecule has 0 aliphatic heterocycles. The first-order chi connectivity index (χ1) is 11.6. The van der Waals surface area contributed by atoms with Crippen LogP contribution in [0.15, 0.2) is 35.6 Å². The first kappa shape index (κ1) is 21.2. The molecule has 1 heterocycles. The standard InChI is InChI=1S/C17H26N6O.HI/c1-5-18-17(20-11-16-21-12-22-23(16)4)19-10-14(3)24-15-9-7-6-8-13(15)2;/h6-9,12,14H,5,10-11H2,1-4H3,(H2,18,19,20);1H. The molecule has 1 aromatic heterocycles. The molecule has 2 N–H and O–H groups in total. The SMILES string of the molecule is CCNC(=NCc1ncnn1C)NCC(C)Oc1ccccc1C.I. The Kier molecular flexibility index (Phi) is 9.25. The topological polar surface area (TPSA) is 76.4 Å². The zero-order valence-electron chi connectivity index (χ0n) is 15.2. The third-order valence-electron chi connectivity index (χ3n) is 3.51. The van der Waals surface area contributed by atoms with Crippen molar-refractivity contribution in [2.45, 2.75) is 33.4 Å². The fourth-order valence-corrected chi connectivity index (χ4v) is 2.14. The van der Waals surface area contributed by atoms with E-state index in [-0.39, 0.29) is 30.1 Å². The fraction of sp³-hybridized carbons (Fsp3) is 0.471. The lowest BCUT2D eigenvalue weighted by molar-refractivity contribution is 0.222. The molecule has 1 unspecified atom stereocenters. The van der Waals surface area contributed by atoms with Gasteiger partial charge in [-0.15, -0.1) is 24.0 Å². The Morgan fingerprint density at radius 1 is 1.32 bits per heavy atom. The Bertz CT molecular complexity index is 673. The summed E-state index contributed by atoms with van der Waals surface area (Å²) >= 11 is 0. The number of rotatable bonds is 7. The van der Waals surface area contributed by atoms with Gasteiger partial charge in [0.1, 0.15) is 30.5 Å². The van der Waals surface area contributed by atoms with Crippen LogP contribution in [-0.4, -0.2) is 39.9 Å². The zero-order valence-corrected chi connectivity index (χ0v) is 17.5. The minimum absolute atomic E-state index is 0. The summed E-state index contributed by atoms with van der Waals surface area (Å²) in [7, 11) is 1.86. The highest BCUT2D eigenvalue weighted by atomic mass is 127. The number of nitrogens with zero attached hydrogens (tertiary/aromatic N) is 4. The van der Waals surface area contributed by atoms with E-state index in [9.17, 15) is 0 Å². The highest BCUT2D eigenvalue weighted by molar-refractivity contribution is 14.0. The average Bonchev–Trinajstić information content (AvgIpc) is 2.97. The van der Waals surface area contributed by atoms with Gasteiger partial charge in [0, 0.05) is 13.6 Å². The molecular formula is C17H27IN6O. The van der Waals surface area contributed by atoms with E-state index in [4.69, 9.17) is 4.74 Å². The molecule has 1 aromatic carbocycles. The van der Waals surface area contributed by atoms with E-state index in [1.807, 2.05) is 52.1 Å². The number of aliphatic imine (C=N–C) groups is 1. The predicted octanol–water partition coefficient (Wildman–Crippen LogP) is 2.26. The van der Waals surface area contributed by atoms with Crippen molar-refractivity contribution >= 4 is 29.9 Å². The second-order valence-corrected chi connectivity index (χ2v) is 5.57. The minimum atomic E-state index is 0. The number of hydrogen-bond acceptors (Lipinski definition) is 4. The van der Waals surface area contributed by atoms with Crippen molar-refractivity contribution < 1.29 is 4.74 Å². The number of halogens is 1. The number of hydrogen-bond donors (Lipinski definition) is 2. The molecule has 0 saturated heterocycles. The highest BCUT2D eigenvalue weighted by Gasteiger charge is 2.07. The molecule has 0 aliphatic rings. The van der Waals surface area contributed by atoms with Gasteiger partial charge in [-0.05, 0) is 32.4 Å². The molecule has 0 aliphatic carbocycles. The molecule has 0 saturated carbocycles. The van der Waals surface area contributed by atoms with E-state index < -0.39 is 0 Å². The summed E-state index contributed by atoms with van der Waals surface area (Å²) in [6.45, 7) is 8.02. The van der Waals surface area contributed by atoms with Crippen molar-refractivity contribution in [3.63, 3.8) is 0 Å². The number of guanidine groups is 1. The summed E-state index contributed by atoms with van der Waals surface area (Å²) in [4.78, 5) is 8.70. The van der Waals surface area contributed by atoms with Crippen LogP contribution in [0, 0.1) is 6.92 Å². The third-order valence-corrected chi connectivity index (χ3v) is 3.51. The molecule has 0 bridgehead atoms. The van der Waals surface area contributed by atoms with Crippen LogP contribution in [-0.2, 0) is 13.6 Å². The maximum absolute atomic E-state index is 5.97. The number of benzene rings is 1. The Balaban J connectivity index is 0.00000312. The van der Waals surface area contributed by atoms with E-state index in [0.717, 1.165) is 29.6 Å². The normalized spacial score (nSPS) is 12.2. The van der Waals surface area contributed by atoms with Crippen LogP contribution in [0.2, 0.25) is 0 Å². The second-order valence-electron chi connectivity index (χ2n) is 5.57. The maximum Gasteiger partial charge on any atom is 0.191 e. The van der Waals surface area contributed by atoms with E-state index in [1.54, 1.807) is 4.68 Å². The van der Waals surface area contributed by atoms with E-state index in [0.29, 0.717) is 13.1 Å². The molecule has 0 radical (unpaired) electrons. The van der Waals surface area contributed by atoms with Crippen LogP contribution in [0.5, 0.6) is 5.75 Å². The quantitative estimate of drug-likeness (QED) is 0.378. The van der Waals surface area contributed by atoms with Gasteiger partial charge in [-0.25, -0.2) is 9.98 Å². The van der Waals surface area contributed by atoms with Crippen LogP contribution in [0.4, 0.5) is 0 Å². The van der Waals surface area contributed by atoms with Gasteiger partial charge in [-0.2, -0.15) is 5.10 Å². The van der Waals surface area contributed by atoms with Crippen molar-refractivity contribution in [3.05, 3.63) is 42.0 Å². The van der Waals surface area contributed by atoms with Gasteiger partial charge in [-0.1, -0.05) is 18.2 Å². The predicted molar refractivity (Wildman–Crippen MR) is 111 cm³/mol. The van der Waals surface area contributed by atoms with Gasteiger partial charge < -0.3 is 15.4 Å². The Morgan fingerprint density at radius 3 is 2.72 bits per heavy atom. The van der Waals surface area contributed by atoms with E-state index in [1.165, 1.54) is 6.33 Å². The smallest absolute Gasteiger partial charge is 0.191 e. The van der Waals surface area contributed by atoms with Crippen molar-refractivity contribution in [3.8, 4) is 5.75 Å². The molecule has 2 rings (SSSR count). The van der Waals surface area contributed by atoms with Crippen LogP contribution >= 0.6 is 24.0 Å². The summed E-state index contributed by atoms with van der Waals surface area (Å²) in [6.07, 6.45) is 1.55. The monoisotopic (exact) mass is 458 g/mol. The van der Waals surface area contributed by atoms with Crippen molar-refractivity contribution in [2.24, 2.45) is 12.0 Å².